The standard InChI is InChI=1S/C10H16N2O2S/c1-5-12(6-9(13)14-4)10-11-7(2)8(3)15-10/h5-6H2,1-4H3. The van der Waals surface area contributed by atoms with Crippen molar-refractivity contribution in [1.29, 1.82) is 0 Å². The number of aryl methyl sites for hydroxylation is 2. The Morgan fingerprint density at radius 3 is 2.60 bits per heavy atom. The molecule has 1 aromatic rings. The number of likely N-dealkylation sites (N-methyl/N-ethyl adjacent to an activating group) is 1. The van der Waals surface area contributed by atoms with Gasteiger partial charge in [-0.1, -0.05) is 0 Å². The highest BCUT2D eigenvalue weighted by molar-refractivity contribution is 7.15. The molecule has 0 atom stereocenters. The van der Waals surface area contributed by atoms with Crippen LogP contribution in [0.2, 0.25) is 0 Å². The number of rotatable bonds is 4. The highest BCUT2D eigenvalue weighted by Gasteiger charge is 2.14. The molecule has 1 aromatic heterocycles. The Kier molecular flexibility index (Phi) is 4.08. The number of thiazole rings is 1. The average Bonchev–Trinajstić information content (AvgIpc) is 2.55. The minimum absolute atomic E-state index is 0.234. The van der Waals surface area contributed by atoms with E-state index in [1.807, 2.05) is 25.7 Å². The van der Waals surface area contributed by atoms with Crippen LogP contribution in [0, 0.1) is 13.8 Å². The van der Waals surface area contributed by atoms with Crippen molar-refractivity contribution in [3.8, 4) is 0 Å². The predicted octanol–water partition coefficient (Wildman–Crippen LogP) is 1.76. The molecule has 0 spiro atoms. The van der Waals surface area contributed by atoms with Crippen LogP contribution in [0.1, 0.15) is 17.5 Å². The van der Waals surface area contributed by atoms with E-state index >= 15 is 0 Å². The van der Waals surface area contributed by atoms with E-state index in [4.69, 9.17) is 0 Å². The molecule has 0 bridgehead atoms. The zero-order valence-electron chi connectivity index (χ0n) is 9.53. The Morgan fingerprint density at radius 1 is 1.53 bits per heavy atom. The maximum atomic E-state index is 11.2. The number of anilines is 1. The first kappa shape index (κ1) is 12.0. The summed E-state index contributed by atoms with van der Waals surface area (Å²) in [4.78, 5) is 18.7. The summed E-state index contributed by atoms with van der Waals surface area (Å²) in [5, 5.41) is 0.887. The van der Waals surface area contributed by atoms with Gasteiger partial charge in [-0.15, -0.1) is 11.3 Å². The molecule has 0 aliphatic rings. The third kappa shape index (κ3) is 2.92. The number of hydrogen-bond acceptors (Lipinski definition) is 5. The van der Waals surface area contributed by atoms with Crippen molar-refractivity contribution in [2.75, 3.05) is 25.1 Å². The molecule has 0 fully saturated rings. The molecule has 84 valence electrons. The van der Waals surface area contributed by atoms with Gasteiger partial charge >= 0.3 is 5.97 Å². The Labute approximate surface area is 93.9 Å². The van der Waals surface area contributed by atoms with Crippen LogP contribution >= 0.6 is 11.3 Å². The molecule has 0 radical (unpaired) electrons. The molecule has 0 amide bonds. The van der Waals surface area contributed by atoms with Gasteiger partial charge in [0, 0.05) is 11.4 Å². The molecule has 4 nitrogen and oxygen atoms in total. The average molecular weight is 228 g/mol. The van der Waals surface area contributed by atoms with Crippen molar-refractivity contribution in [2.24, 2.45) is 0 Å². The normalized spacial score (nSPS) is 10.1. The second-order valence-electron chi connectivity index (χ2n) is 3.23. The van der Waals surface area contributed by atoms with Crippen molar-refractivity contribution in [3.63, 3.8) is 0 Å². The Bertz CT molecular complexity index is 330. The minimum atomic E-state index is -0.234. The summed E-state index contributed by atoms with van der Waals surface area (Å²) in [5.41, 5.74) is 1.03. The lowest BCUT2D eigenvalue weighted by molar-refractivity contribution is -0.138. The van der Waals surface area contributed by atoms with Gasteiger partial charge in [-0.2, -0.15) is 0 Å². The summed E-state index contributed by atoms with van der Waals surface area (Å²) in [7, 11) is 1.40. The molecule has 0 aliphatic heterocycles. The van der Waals surface area contributed by atoms with Crippen molar-refractivity contribution in [3.05, 3.63) is 10.6 Å². The Morgan fingerprint density at radius 2 is 2.20 bits per heavy atom. The fraction of sp³-hybridized carbons (Fsp3) is 0.600. The summed E-state index contributed by atoms with van der Waals surface area (Å²) in [6, 6.07) is 0. The number of hydrogen-bond donors (Lipinski definition) is 0. The van der Waals surface area contributed by atoms with E-state index < -0.39 is 0 Å². The summed E-state index contributed by atoms with van der Waals surface area (Å²) in [6.07, 6.45) is 0. The van der Waals surface area contributed by atoms with Crippen LogP contribution in [-0.4, -0.2) is 31.2 Å². The smallest absolute Gasteiger partial charge is 0.325 e. The monoisotopic (exact) mass is 228 g/mol. The molecule has 0 saturated carbocycles. The number of carbonyl (C=O) groups is 1. The summed E-state index contributed by atoms with van der Waals surface area (Å²) < 4.78 is 4.64. The lowest BCUT2D eigenvalue weighted by atomic mass is 10.4. The van der Waals surface area contributed by atoms with Crippen LogP contribution in [-0.2, 0) is 9.53 Å². The Hall–Kier alpha value is -1.10. The zero-order valence-corrected chi connectivity index (χ0v) is 10.3. The van der Waals surface area contributed by atoms with Gasteiger partial charge in [-0.3, -0.25) is 4.79 Å². The maximum absolute atomic E-state index is 11.2. The second-order valence-corrected chi connectivity index (χ2v) is 4.41. The van der Waals surface area contributed by atoms with Gasteiger partial charge in [0.05, 0.1) is 12.8 Å². The minimum Gasteiger partial charge on any atom is -0.468 e. The molecule has 15 heavy (non-hydrogen) atoms. The van der Waals surface area contributed by atoms with Crippen LogP contribution in [0.15, 0.2) is 0 Å². The van der Waals surface area contributed by atoms with E-state index in [1.165, 1.54) is 12.0 Å². The van der Waals surface area contributed by atoms with Crippen LogP contribution < -0.4 is 4.90 Å². The van der Waals surface area contributed by atoms with Gasteiger partial charge in [0.2, 0.25) is 0 Å². The molecule has 0 aromatic carbocycles. The molecule has 0 unspecified atom stereocenters. The van der Waals surface area contributed by atoms with Gasteiger partial charge in [-0.05, 0) is 20.8 Å². The number of ether oxygens (including phenoxy) is 1. The van der Waals surface area contributed by atoms with Gasteiger partial charge < -0.3 is 9.64 Å². The number of methoxy groups -OCH3 is 1. The first-order valence-corrected chi connectivity index (χ1v) is 5.66. The highest BCUT2D eigenvalue weighted by atomic mass is 32.1. The highest BCUT2D eigenvalue weighted by Crippen LogP contribution is 2.24. The lowest BCUT2D eigenvalue weighted by Crippen LogP contribution is -2.30. The lowest BCUT2D eigenvalue weighted by Gasteiger charge is -2.17. The topological polar surface area (TPSA) is 42.4 Å². The summed E-state index contributed by atoms with van der Waals surface area (Å²) >= 11 is 1.61. The fourth-order valence-electron chi connectivity index (χ4n) is 1.13. The Balaban J connectivity index is 2.78. The SMILES string of the molecule is CCN(CC(=O)OC)c1nc(C)c(C)s1. The van der Waals surface area contributed by atoms with Gasteiger partial charge in [0.25, 0.3) is 0 Å². The van der Waals surface area contributed by atoms with E-state index in [2.05, 4.69) is 9.72 Å². The number of aromatic nitrogens is 1. The first-order valence-electron chi connectivity index (χ1n) is 4.84. The second kappa shape index (κ2) is 5.11. The van der Waals surface area contributed by atoms with Crippen LogP contribution in [0.5, 0.6) is 0 Å². The van der Waals surface area contributed by atoms with Gasteiger partial charge in [0.15, 0.2) is 5.13 Å². The molecule has 5 heteroatoms. The van der Waals surface area contributed by atoms with E-state index in [1.54, 1.807) is 11.3 Å². The fourth-order valence-corrected chi connectivity index (χ4v) is 2.10. The summed E-state index contributed by atoms with van der Waals surface area (Å²) in [5.74, 6) is -0.234. The van der Waals surface area contributed by atoms with Gasteiger partial charge in [0.1, 0.15) is 6.54 Å². The van der Waals surface area contributed by atoms with E-state index in [0.29, 0.717) is 0 Å². The number of esters is 1. The number of nitrogens with zero attached hydrogens (tertiary/aromatic N) is 2. The van der Waals surface area contributed by atoms with E-state index in [-0.39, 0.29) is 12.5 Å². The van der Waals surface area contributed by atoms with E-state index in [9.17, 15) is 4.79 Å². The molecule has 0 saturated heterocycles. The van der Waals surface area contributed by atoms with Crippen molar-refractivity contribution < 1.29 is 9.53 Å². The van der Waals surface area contributed by atoms with Crippen molar-refractivity contribution >= 4 is 22.4 Å². The maximum Gasteiger partial charge on any atom is 0.325 e. The zero-order chi connectivity index (χ0) is 11.4. The summed E-state index contributed by atoms with van der Waals surface area (Å²) in [6.45, 7) is 7.01. The first-order chi connectivity index (χ1) is 7.08. The quantitative estimate of drug-likeness (QED) is 0.736. The predicted molar refractivity (Wildman–Crippen MR) is 61.5 cm³/mol. The molecular weight excluding hydrogens is 212 g/mol. The van der Waals surface area contributed by atoms with Crippen LogP contribution in [0.25, 0.3) is 0 Å². The third-order valence-corrected chi connectivity index (χ3v) is 3.35. The molecule has 1 heterocycles. The molecule has 1 rings (SSSR count). The van der Waals surface area contributed by atoms with E-state index in [0.717, 1.165) is 17.4 Å². The number of carbonyl (C=O) groups excluding carboxylic acids is 1. The molecular formula is C10H16N2O2S. The van der Waals surface area contributed by atoms with Crippen LogP contribution in [0.4, 0.5) is 5.13 Å². The van der Waals surface area contributed by atoms with Gasteiger partial charge in [-0.25, -0.2) is 4.98 Å². The third-order valence-electron chi connectivity index (χ3n) is 2.22. The molecule has 0 N–H and O–H groups in total. The molecule has 0 aliphatic carbocycles. The largest absolute Gasteiger partial charge is 0.468 e. The van der Waals surface area contributed by atoms with Crippen molar-refractivity contribution in [2.45, 2.75) is 20.8 Å². The van der Waals surface area contributed by atoms with Crippen LogP contribution in [0.3, 0.4) is 0 Å². The van der Waals surface area contributed by atoms with Crippen molar-refractivity contribution in [1.82, 2.24) is 4.98 Å².